The zero-order chi connectivity index (χ0) is 24.9. The molecule has 1 saturated carbocycles. The Morgan fingerprint density at radius 3 is 1.94 bits per heavy atom. The Balaban J connectivity index is 1.46. The van der Waals surface area contributed by atoms with Gasteiger partial charge in [-0.05, 0) is 28.8 Å². The average molecular weight is 486 g/mol. The number of nitrogens with one attached hydrogen (secondary N) is 1. The van der Waals surface area contributed by atoms with E-state index in [1.807, 2.05) is 65.6 Å². The van der Waals surface area contributed by atoms with Crippen LogP contribution in [-0.4, -0.2) is 49.2 Å². The van der Waals surface area contributed by atoms with E-state index < -0.39 is 5.92 Å². The molecule has 2 atom stereocenters. The summed E-state index contributed by atoms with van der Waals surface area (Å²) in [6.45, 7) is 2.15. The van der Waals surface area contributed by atoms with Crippen LogP contribution in [-0.2, 0) is 14.3 Å². The van der Waals surface area contributed by atoms with Crippen LogP contribution in [0.4, 0.5) is 4.39 Å². The molecular weight excluding hydrogens is 457 g/mol. The van der Waals surface area contributed by atoms with Gasteiger partial charge in [-0.2, -0.15) is 5.10 Å². The van der Waals surface area contributed by atoms with Gasteiger partial charge in [0, 0.05) is 24.9 Å². The number of halogens is 1. The van der Waals surface area contributed by atoms with Crippen LogP contribution in [0.3, 0.4) is 0 Å². The molecule has 1 heterocycles. The smallest absolute Gasteiger partial charge is 0.244 e. The Morgan fingerprint density at radius 1 is 0.833 bits per heavy atom. The molecule has 3 aromatic carbocycles. The van der Waals surface area contributed by atoms with Crippen LogP contribution in [0, 0.1) is 17.7 Å². The van der Waals surface area contributed by atoms with Crippen LogP contribution >= 0.6 is 0 Å². The number of benzene rings is 3. The highest BCUT2D eigenvalue weighted by atomic mass is 19.1. The molecule has 36 heavy (non-hydrogen) atoms. The Kier molecular flexibility index (Phi) is 7.18. The SMILES string of the molecule is O=C(N/N=C/c1ccc(F)cc1)C1C(c2ccccc2)C(C(=O)N2CCOCC2)C1c1ccccc1. The van der Waals surface area contributed by atoms with Gasteiger partial charge < -0.3 is 9.64 Å². The van der Waals surface area contributed by atoms with Crippen LogP contribution in [0.1, 0.15) is 28.5 Å². The largest absolute Gasteiger partial charge is 0.378 e. The van der Waals surface area contributed by atoms with E-state index in [2.05, 4.69) is 10.5 Å². The second kappa shape index (κ2) is 10.8. The molecule has 1 N–H and O–H groups in total. The molecule has 184 valence electrons. The second-order valence-corrected chi connectivity index (χ2v) is 9.15. The number of hydrogen-bond acceptors (Lipinski definition) is 4. The van der Waals surface area contributed by atoms with Crippen molar-refractivity contribution in [3.8, 4) is 0 Å². The van der Waals surface area contributed by atoms with E-state index in [1.165, 1.54) is 18.3 Å². The minimum absolute atomic E-state index is 0.0554. The van der Waals surface area contributed by atoms with E-state index in [-0.39, 0.29) is 35.4 Å². The van der Waals surface area contributed by atoms with Crippen LogP contribution in [0.5, 0.6) is 0 Å². The van der Waals surface area contributed by atoms with E-state index >= 15 is 0 Å². The first kappa shape index (κ1) is 23.9. The van der Waals surface area contributed by atoms with Gasteiger partial charge in [0.05, 0.1) is 31.3 Å². The third-order valence-electron chi connectivity index (χ3n) is 7.09. The van der Waals surface area contributed by atoms with Crippen LogP contribution in [0.25, 0.3) is 0 Å². The zero-order valence-corrected chi connectivity index (χ0v) is 19.8. The maximum Gasteiger partial charge on any atom is 0.244 e. The number of rotatable bonds is 6. The van der Waals surface area contributed by atoms with Crippen molar-refractivity contribution in [2.24, 2.45) is 16.9 Å². The first-order valence-electron chi connectivity index (χ1n) is 12.2. The Labute approximate surface area is 209 Å². The number of amides is 2. The van der Waals surface area contributed by atoms with Gasteiger partial charge in [0.25, 0.3) is 0 Å². The lowest BCUT2D eigenvalue weighted by Gasteiger charge is -2.52. The number of nitrogens with zero attached hydrogens (tertiary/aromatic N) is 2. The van der Waals surface area contributed by atoms with E-state index in [0.29, 0.717) is 31.9 Å². The summed E-state index contributed by atoms with van der Waals surface area (Å²) in [6.07, 6.45) is 1.49. The van der Waals surface area contributed by atoms with Crippen molar-refractivity contribution in [1.82, 2.24) is 10.3 Å². The van der Waals surface area contributed by atoms with Gasteiger partial charge >= 0.3 is 0 Å². The highest BCUT2D eigenvalue weighted by molar-refractivity contribution is 5.91. The molecule has 0 aromatic heterocycles. The topological polar surface area (TPSA) is 71.0 Å². The van der Waals surface area contributed by atoms with Crippen LogP contribution in [0.15, 0.2) is 90.0 Å². The highest BCUT2D eigenvalue weighted by Crippen LogP contribution is 2.58. The molecule has 2 aliphatic rings. The van der Waals surface area contributed by atoms with Gasteiger partial charge in [-0.1, -0.05) is 72.8 Å². The summed E-state index contributed by atoms with van der Waals surface area (Å²) in [4.78, 5) is 29.2. The summed E-state index contributed by atoms with van der Waals surface area (Å²) in [5.41, 5.74) is 5.26. The monoisotopic (exact) mass is 485 g/mol. The van der Waals surface area contributed by atoms with Gasteiger partial charge in [0.15, 0.2) is 0 Å². The third kappa shape index (κ3) is 4.93. The molecule has 0 bridgehead atoms. The Hall–Kier alpha value is -3.84. The van der Waals surface area contributed by atoms with E-state index in [0.717, 1.165) is 11.1 Å². The molecule has 1 aliphatic heterocycles. The van der Waals surface area contributed by atoms with Crippen molar-refractivity contribution >= 4 is 18.0 Å². The summed E-state index contributed by atoms with van der Waals surface area (Å²) in [7, 11) is 0. The lowest BCUT2D eigenvalue weighted by molar-refractivity contribution is -0.151. The van der Waals surface area contributed by atoms with Crippen molar-refractivity contribution < 1.29 is 18.7 Å². The fourth-order valence-electron chi connectivity index (χ4n) is 5.35. The number of ether oxygens (including phenoxy) is 1. The predicted molar refractivity (Wildman–Crippen MR) is 135 cm³/mol. The molecule has 0 radical (unpaired) electrons. The normalized spacial score (nSPS) is 23.8. The minimum atomic E-state index is -0.477. The summed E-state index contributed by atoms with van der Waals surface area (Å²) < 4.78 is 18.6. The maximum absolute atomic E-state index is 13.8. The molecule has 0 spiro atoms. The molecule has 1 saturated heterocycles. The summed E-state index contributed by atoms with van der Waals surface area (Å²) in [5.74, 6) is -1.94. The van der Waals surface area contributed by atoms with Crippen LogP contribution in [0.2, 0.25) is 0 Å². The number of carbonyl (C=O) groups is 2. The fraction of sp³-hybridized carbons (Fsp3) is 0.276. The van der Waals surface area contributed by atoms with Gasteiger partial charge in [0.1, 0.15) is 5.82 Å². The first-order chi connectivity index (χ1) is 17.6. The maximum atomic E-state index is 13.8. The lowest BCUT2D eigenvalue weighted by Crippen LogP contribution is -2.57. The molecule has 2 amide bonds. The molecule has 5 rings (SSSR count). The van der Waals surface area contributed by atoms with Crippen molar-refractivity contribution in [2.45, 2.75) is 11.8 Å². The minimum Gasteiger partial charge on any atom is -0.378 e. The van der Waals surface area contributed by atoms with Crippen molar-refractivity contribution in [3.05, 3.63) is 107 Å². The average Bonchev–Trinajstić information content (AvgIpc) is 2.91. The fourth-order valence-corrected chi connectivity index (χ4v) is 5.35. The van der Waals surface area contributed by atoms with Crippen molar-refractivity contribution in [2.75, 3.05) is 26.3 Å². The molecule has 6 nitrogen and oxygen atoms in total. The molecule has 7 heteroatoms. The molecular formula is C29H28FN3O3. The summed E-state index contributed by atoms with van der Waals surface area (Å²) in [6, 6.07) is 25.4. The zero-order valence-electron chi connectivity index (χ0n) is 19.8. The van der Waals surface area contributed by atoms with Crippen LogP contribution < -0.4 is 5.43 Å². The van der Waals surface area contributed by atoms with Gasteiger partial charge in [-0.15, -0.1) is 0 Å². The standard InChI is InChI=1S/C29H28FN3O3/c30-23-13-11-20(12-14-23)19-31-32-28(34)26-24(21-7-3-1-4-8-21)27(25(26)22-9-5-2-6-10-22)29(35)33-15-17-36-18-16-33/h1-14,19,24-27H,15-18H2,(H,32,34)/b31-19+. The third-order valence-corrected chi connectivity index (χ3v) is 7.09. The molecule has 2 unspecified atom stereocenters. The Morgan fingerprint density at radius 2 is 1.39 bits per heavy atom. The predicted octanol–water partition coefficient (Wildman–Crippen LogP) is 3.95. The van der Waals surface area contributed by atoms with Gasteiger partial charge in [-0.3, -0.25) is 9.59 Å². The van der Waals surface area contributed by atoms with Crippen molar-refractivity contribution in [1.29, 1.82) is 0 Å². The number of hydrazone groups is 1. The van der Waals surface area contributed by atoms with E-state index in [1.54, 1.807) is 12.1 Å². The van der Waals surface area contributed by atoms with E-state index in [9.17, 15) is 14.0 Å². The van der Waals surface area contributed by atoms with Crippen molar-refractivity contribution in [3.63, 3.8) is 0 Å². The molecule has 1 aliphatic carbocycles. The highest BCUT2D eigenvalue weighted by Gasteiger charge is 2.58. The molecule has 3 aromatic rings. The van der Waals surface area contributed by atoms with Gasteiger partial charge in [0.2, 0.25) is 11.8 Å². The number of hydrogen-bond donors (Lipinski definition) is 1. The first-order valence-corrected chi connectivity index (χ1v) is 12.2. The quantitative estimate of drug-likeness (QED) is 0.425. The summed E-state index contributed by atoms with van der Waals surface area (Å²) >= 11 is 0. The summed E-state index contributed by atoms with van der Waals surface area (Å²) in [5, 5.41) is 4.13. The second-order valence-electron chi connectivity index (χ2n) is 9.15. The van der Waals surface area contributed by atoms with E-state index in [4.69, 9.17) is 4.74 Å². The molecule has 2 fully saturated rings. The number of carbonyl (C=O) groups excluding carboxylic acids is 2. The lowest BCUT2D eigenvalue weighted by atomic mass is 9.51. The number of morpholine rings is 1. The van der Waals surface area contributed by atoms with Gasteiger partial charge in [-0.25, -0.2) is 9.82 Å². The Bertz CT molecular complexity index is 1160.